The number of rotatable bonds is 9. The predicted octanol–water partition coefficient (Wildman–Crippen LogP) is 1.66. The summed E-state index contributed by atoms with van der Waals surface area (Å²) in [6, 6.07) is 15.7. The van der Waals surface area contributed by atoms with Crippen LogP contribution in [0.25, 0.3) is 0 Å². The van der Waals surface area contributed by atoms with Crippen molar-refractivity contribution in [3.05, 3.63) is 54.6 Å². The van der Waals surface area contributed by atoms with Crippen LogP contribution in [0, 0.1) is 0 Å². The van der Waals surface area contributed by atoms with Gasteiger partial charge in [-0.2, -0.15) is 0 Å². The Balaban J connectivity index is 1.87. The number of ether oxygens (including phenoxy) is 2. The Morgan fingerprint density at radius 1 is 1.04 bits per heavy atom. The molecule has 0 saturated heterocycles. The van der Waals surface area contributed by atoms with E-state index in [1.54, 1.807) is 49.6 Å². The van der Waals surface area contributed by atoms with Crippen LogP contribution in [0.2, 0.25) is 0 Å². The van der Waals surface area contributed by atoms with E-state index < -0.39 is 15.9 Å². The van der Waals surface area contributed by atoms with E-state index in [2.05, 4.69) is 5.32 Å². The molecule has 2 rings (SSSR count). The molecule has 0 saturated carbocycles. The second kappa shape index (κ2) is 9.10. The Morgan fingerprint density at radius 2 is 1.65 bits per heavy atom. The molecule has 0 aliphatic carbocycles. The molecule has 0 fully saturated rings. The number of anilines is 1. The van der Waals surface area contributed by atoms with Gasteiger partial charge in [-0.3, -0.25) is 9.10 Å². The Morgan fingerprint density at radius 3 is 2.27 bits per heavy atom. The highest BCUT2D eigenvalue weighted by atomic mass is 32.2. The van der Waals surface area contributed by atoms with Crippen molar-refractivity contribution in [2.45, 2.75) is 0 Å². The molecule has 2 aromatic rings. The van der Waals surface area contributed by atoms with E-state index >= 15 is 0 Å². The van der Waals surface area contributed by atoms with Gasteiger partial charge in [0.05, 0.1) is 25.6 Å². The fourth-order valence-corrected chi connectivity index (χ4v) is 3.13. The highest BCUT2D eigenvalue weighted by molar-refractivity contribution is 7.92. The zero-order chi connectivity index (χ0) is 19.0. The lowest BCUT2D eigenvalue weighted by atomic mass is 10.3. The number of nitrogens with zero attached hydrogens (tertiary/aromatic N) is 1. The van der Waals surface area contributed by atoms with Crippen molar-refractivity contribution in [3.8, 4) is 11.5 Å². The number of methoxy groups -OCH3 is 1. The Labute approximate surface area is 153 Å². The first-order valence-corrected chi connectivity index (χ1v) is 9.82. The first-order valence-electron chi connectivity index (χ1n) is 7.97. The number of amides is 1. The number of benzene rings is 2. The van der Waals surface area contributed by atoms with Crippen molar-refractivity contribution in [3.63, 3.8) is 0 Å². The van der Waals surface area contributed by atoms with Crippen molar-refractivity contribution in [1.29, 1.82) is 0 Å². The van der Waals surface area contributed by atoms with Gasteiger partial charge in [0, 0.05) is 0 Å². The van der Waals surface area contributed by atoms with Crippen LogP contribution in [-0.4, -0.2) is 47.4 Å². The first kappa shape index (κ1) is 19.6. The molecule has 7 nitrogen and oxygen atoms in total. The van der Waals surface area contributed by atoms with Gasteiger partial charge in [-0.15, -0.1) is 0 Å². The third-order valence-corrected chi connectivity index (χ3v) is 4.62. The summed E-state index contributed by atoms with van der Waals surface area (Å²) in [5.41, 5.74) is 0.440. The molecule has 1 N–H and O–H groups in total. The van der Waals surface area contributed by atoms with E-state index in [4.69, 9.17) is 9.47 Å². The molecule has 0 aliphatic heterocycles. The predicted molar refractivity (Wildman–Crippen MR) is 100 cm³/mol. The summed E-state index contributed by atoms with van der Waals surface area (Å²) < 4.78 is 35.7. The molecular weight excluding hydrogens is 356 g/mol. The molecule has 140 valence electrons. The number of hydrogen-bond donors (Lipinski definition) is 1. The molecular formula is C18H22N2O5S. The van der Waals surface area contributed by atoms with E-state index in [-0.39, 0.29) is 19.7 Å². The Bertz CT molecular complexity index is 824. The lowest BCUT2D eigenvalue weighted by Gasteiger charge is -2.21. The minimum Gasteiger partial charge on any atom is -0.493 e. The van der Waals surface area contributed by atoms with Crippen molar-refractivity contribution in [1.82, 2.24) is 5.32 Å². The molecule has 26 heavy (non-hydrogen) atoms. The third kappa shape index (κ3) is 5.66. The van der Waals surface area contributed by atoms with Crippen LogP contribution < -0.4 is 19.1 Å². The second-order valence-electron chi connectivity index (χ2n) is 5.45. The number of sulfonamides is 1. The summed E-state index contributed by atoms with van der Waals surface area (Å²) in [6.07, 6.45) is 1.07. The molecule has 0 aromatic heterocycles. The van der Waals surface area contributed by atoms with E-state index in [1.165, 1.54) is 0 Å². The van der Waals surface area contributed by atoms with Crippen molar-refractivity contribution in [2.24, 2.45) is 0 Å². The summed E-state index contributed by atoms with van der Waals surface area (Å²) in [6.45, 7) is 0.178. The fourth-order valence-electron chi connectivity index (χ4n) is 2.27. The molecule has 0 atom stereocenters. The SMILES string of the molecule is COc1ccccc1OCCNC(=O)CN(c1ccccc1)S(C)(=O)=O. The number of carbonyl (C=O) groups excluding carboxylic acids is 1. The van der Waals surface area contributed by atoms with Gasteiger partial charge in [-0.1, -0.05) is 30.3 Å². The zero-order valence-corrected chi connectivity index (χ0v) is 15.5. The number of carbonyl (C=O) groups is 1. The van der Waals surface area contributed by atoms with Crippen LogP contribution in [0.5, 0.6) is 11.5 Å². The monoisotopic (exact) mass is 378 g/mol. The van der Waals surface area contributed by atoms with Gasteiger partial charge < -0.3 is 14.8 Å². The maximum absolute atomic E-state index is 12.1. The first-order chi connectivity index (χ1) is 12.4. The smallest absolute Gasteiger partial charge is 0.240 e. The Hall–Kier alpha value is -2.74. The van der Waals surface area contributed by atoms with Crippen LogP contribution in [-0.2, 0) is 14.8 Å². The molecule has 0 spiro atoms. The van der Waals surface area contributed by atoms with Crippen molar-refractivity contribution in [2.75, 3.05) is 37.4 Å². The second-order valence-corrected chi connectivity index (χ2v) is 7.36. The van der Waals surface area contributed by atoms with Gasteiger partial charge in [-0.25, -0.2) is 8.42 Å². The van der Waals surface area contributed by atoms with E-state index in [0.29, 0.717) is 17.2 Å². The van der Waals surface area contributed by atoms with Crippen molar-refractivity contribution >= 4 is 21.6 Å². The van der Waals surface area contributed by atoms with E-state index in [9.17, 15) is 13.2 Å². The van der Waals surface area contributed by atoms with E-state index in [0.717, 1.165) is 10.6 Å². The van der Waals surface area contributed by atoms with Gasteiger partial charge >= 0.3 is 0 Å². The Kier molecular flexibility index (Phi) is 6.85. The van der Waals surface area contributed by atoms with Crippen LogP contribution in [0.3, 0.4) is 0 Å². The van der Waals surface area contributed by atoms with Gasteiger partial charge in [-0.05, 0) is 24.3 Å². The molecule has 0 heterocycles. The van der Waals surface area contributed by atoms with Crippen molar-refractivity contribution < 1.29 is 22.7 Å². The normalized spacial score (nSPS) is 10.8. The maximum Gasteiger partial charge on any atom is 0.240 e. The molecule has 0 radical (unpaired) electrons. The quantitative estimate of drug-likeness (QED) is 0.671. The van der Waals surface area contributed by atoms with Crippen LogP contribution in [0.15, 0.2) is 54.6 Å². The molecule has 0 bridgehead atoms. The van der Waals surface area contributed by atoms with Gasteiger partial charge in [0.25, 0.3) is 0 Å². The van der Waals surface area contributed by atoms with Crippen LogP contribution in [0.4, 0.5) is 5.69 Å². The zero-order valence-electron chi connectivity index (χ0n) is 14.7. The molecule has 8 heteroatoms. The number of nitrogens with one attached hydrogen (secondary N) is 1. The molecule has 2 aromatic carbocycles. The van der Waals surface area contributed by atoms with Gasteiger partial charge in [0.2, 0.25) is 15.9 Å². The fraction of sp³-hybridized carbons (Fsp3) is 0.278. The minimum absolute atomic E-state index is 0.232. The molecule has 0 aliphatic rings. The van der Waals surface area contributed by atoms with Crippen LogP contribution >= 0.6 is 0 Å². The average Bonchev–Trinajstić information content (AvgIpc) is 2.63. The third-order valence-electron chi connectivity index (χ3n) is 3.48. The molecule has 1 amide bonds. The number of hydrogen-bond acceptors (Lipinski definition) is 5. The minimum atomic E-state index is -3.57. The van der Waals surface area contributed by atoms with Crippen LogP contribution in [0.1, 0.15) is 0 Å². The summed E-state index contributed by atoms with van der Waals surface area (Å²) in [5, 5.41) is 2.65. The summed E-state index contributed by atoms with van der Waals surface area (Å²) in [4.78, 5) is 12.1. The molecule has 0 unspecified atom stereocenters. The van der Waals surface area contributed by atoms with Gasteiger partial charge in [0.1, 0.15) is 13.2 Å². The summed E-state index contributed by atoms with van der Waals surface area (Å²) >= 11 is 0. The largest absolute Gasteiger partial charge is 0.493 e. The highest BCUT2D eigenvalue weighted by Crippen LogP contribution is 2.25. The highest BCUT2D eigenvalue weighted by Gasteiger charge is 2.20. The number of para-hydroxylation sites is 3. The standard InChI is InChI=1S/C18H22N2O5S/c1-24-16-10-6-7-11-17(16)25-13-12-19-18(21)14-20(26(2,22)23)15-8-4-3-5-9-15/h3-11H,12-14H2,1-2H3,(H,19,21). The summed E-state index contributed by atoms with van der Waals surface area (Å²) in [7, 11) is -2.02. The summed E-state index contributed by atoms with van der Waals surface area (Å²) in [5.74, 6) is 0.764. The van der Waals surface area contributed by atoms with E-state index in [1.807, 2.05) is 12.1 Å². The average molecular weight is 378 g/mol. The lowest BCUT2D eigenvalue weighted by molar-refractivity contribution is -0.119. The maximum atomic E-state index is 12.1. The van der Waals surface area contributed by atoms with Gasteiger partial charge in [0.15, 0.2) is 11.5 Å². The lowest BCUT2D eigenvalue weighted by Crippen LogP contribution is -2.41. The topological polar surface area (TPSA) is 84.9 Å².